The van der Waals surface area contributed by atoms with Gasteiger partial charge in [0.1, 0.15) is 13.2 Å². The van der Waals surface area contributed by atoms with Gasteiger partial charge in [0.25, 0.3) is 0 Å². The van der Waals surface area contributed by atoms with Gasteiger partial charge in [0.2, 0.25) is 0 Å². The predicted octanol–water partition coefficient (Wildman–Crippen LogP) is 20.7. The first-order valence-corrected chi connectivity index (χ1v) is 30.8. The lowest BCUT2D eigenvalue weighted by Crippen LogP contribution is -2.30. The first-order chi connectivity index (χ1) is 34.0. The molecule has 6 heteroatoms. The molecule has 0 aliphatic carbocycles. The zero-order chi connectivity index (χ0) is 50.0. The molecule has 0 N–H and O–H groups in total. The van der Waals surface area contributed by atoms with E-state index in [0.29, 0.717) is 19.3 Å². The van der Waals surface area contributed by atoms with Crippen molar-refractivity contribution in [2.75, 3.05) is 13.2 Å². The van der Waals surface area contributed by atoms with E-state index in [1.807, 2.05) is 0 Å². The molecule has 0 bridgehead atoms. The van der Waals surface area contributed by atoms with E-state index in [-0.39, 0.29) is 31.1 Å². The zero-order valence-electron chi connectivity index (χ0n) is 46.6. The van der Waals surface area contributed by atoms with Gasteiger partial charge in [-0.2, -0.15) is 0 Å². The van der Waals surface area contributed by atoms with Crippen LogP contribution in [0.5, 0.6) is 0 Å². The molecule has 1 unspecified atom stereocenters. The Labute approximate surface area is 430 Å². The van der Waals surface area contributed by atoms with Gasteiger partial charge in [-0.1, -0.05) is 276 Å². The summed E-state index contributed by atoms with van der Waals surface area (Å²) in [5.41, 5.74) is 0. The van der Waals surface area contributed by atoms with Crippen molar-refractivity contribution in [2.24, 2.45) is 0 Å². The molecule has 0 saturated heterocycles. The second-order valence-electron chi connectivity index (χ2n) is 21.0. The Hall–Kier alpha value is -2.11. The Morgan fingerprint density at radius 3 is 0.739 bits per heavy atom. The van der Waals surface area contributed by atoms with Gasteiger partial charge in [0.15, 0.2) is 6.10 Å². The van der Waals surface area contributed by atoms with Crippen LogP contribution in [-0.4, -0.2) is 37.2 Å². The van der Waals surface area contributed by atoms with Crippen molar-refractivity contribution in [3.63, 3.8) is 0 Å². The molecule has 0 aliphatic rings. The maximum atomic E-state index is 12.9. The fourth-order valence-electron chi connectivity index (χ4n) is 9.26. The molecule has 0 aliphatic heterocycles. The SMILES string of the molecule is CCCCCC/C=C\CCCCCCCC(=O)OCC(COC(=O)CCCCCCCCCCC/C=C\CCCCCCCC)OC(=O)CCCCCCCCCCCCCCCCCCCCC. The summed E-state index contributed by atoms with van der Waals surface area (Å²) in [5, 5.41) is 0. The summed E-state index contributed by atoms with van der Waals surface area (Å²) >= 11 is 0. The van der Waals surface area contributed by atoms with E-state index in [4.69, 9.17) is 14.2 Å². The van der Waals surface area contributed by atoms with E-state index in [1.165, 1.54) is 238 Å². The number of hydrogen-bond donors (Lipinski definition) is 0. The van der Waals surface area contributed by atoms with Gasteiger partial charge in [-0.25, -0.2) is 0 Å². The maximum Gasteiger partial charge on any atom is 0.306 e. The Bertz CT molecular complexity index is 1110. The van der Waals surface area contributed by atoms with E-state index < -0.39 is 6.10 Å². The highest BCUT2D eigenvalue weighted by Crippen LogP contribution is 2.17. The quantitative estimate of drug-likeness (QED) is 0.0261. The summed E-state index contributed by atoms with van der Waals surface area (Å²) in [4.78, 5) is 38.2. The van der Waals surface area contributed by atoms with Gasteiger partial charge in [0, 0.05) is 19.3 Å². The topological polar surface area (TPSA) is 78.9 Å². The van der Waals surface area contributed by atoms with Crippen LogP contribution in [0, 0.1) is 0 Å². The average Bonchev–Trinajstić information content (AvgIpc) is 3.35. The normalized spacial score (nSPS) is 12.1. The van der Waals surface area contributed by atoms with Gasteiger partial charge >= 0.3 is 17.9 Å². The van der Waals surface area contributed by atoms with Crippen molar-refractivity contribution in [1.82, 2.24) is 0 Å². The molecular weight excluding hydrogens is 853 g/mol. The predicted molar refractivity (Wildman–Crippen MR) is 298 cm³/mol. The molecule has 0 aromatic heterocycles. The fraction of sp³-hybridized carbons (Fsp3) is 0.889. The van der Waals surface area contributed by atoms with Crippen molar-refractivity contribution in [2.45, 2.75) is 348 Å². The smallest absolute Gasteiger partial charge is 0.306 e. The van der Waals surface area contributed by atoms with Crippen LogP contribution < -0.4 is 0 Å². The molecule has 6 nitrogen and oxygen atoms in total. The van der Waals surface area contributed by atoms with Crippen molar-refractivity contribution < 1.29 is 28.6 Å². The number of rotatable bonds is 57. The number of carbonyl (C=O) groups excluding carboxylic acids is 3. The fourth-order valence-corrected chi connectivity index (χ4v) is 9.26. The molecule has 0 aromatic rings. The van der Waals surface area contributed by atoms with Crippen LogP contribution >= 0.6 is 0 Å². The number of hydrogen-bond acceptors (Lipinski definition) is 6. The first-order valence-electron chi connectivity index (χ1n) is 30.8. The second kappa shape index (κ2) is 58.5. The molecule has 406 valence electrons. The van der Waals surface area contributed by atoms with Gasteiger partial charge in [-0.05, 0) is 70.6 Å². The molecule has 0 aromatic carbocycles. The summed E-state index contributed by atoms with van der Waals surface area (Å²) in [7, 11) is 0. The van der Waals surface area contributed by atoms with Crippen molar-refractivity contribution in [3.8, 4) is 0 Å². The van der Waals surface area contributed by atoms with Gasteiger partial charge in [0.05, 0.1) is 0 Å². The van der Waals surface area contributed by atoms with E-state index in [0.717, 1.165) is 64.2 Å². The van der Waals surface area contributed by atoms with Gasteiger partial charge in [-0.15, -0.1) is 0 Å². The van der Waals surface area contributed by atoms with E-state index in [1.54, 1.807) is 0 Å². The summed E-state index contributed by atoms with van der Waals surface area (Å²) < 4.78 is 16.9. The standard InChI is InChI=1S/C63H118O6/c1-4-7-10-13-16-19-22-25-27-29-31-33-35-38-41-44-47-50-53-56-62(65)68-59-60(58-67-61(64)55-52-49-46-43-40-37-24-21-18-15-12-9-6-3)69-63(66)57-54-51-48-45-42-39-36-34-32-30-28-26-23-20-17-14-11-8-5-2/h21,24-25,27,60H,4-20,22-23,26,28-59H2,1-3H3/b24-21-,27-25-. The lowest BCUT2D eigenvalue weighted by atomic mass is 10.0. The minimum Gasteiger partial charge on any atom is -0.462 e. The van der Waals surface area contributed by atoms with E-state index in [2.05, 4.69) is 45.1 Å². The second-order valence-corrected chi connectivity index (χ2v) is 21.0. The number of unbranched alkanes of at least 4 members (excludes halogenated alkanes) is 42. The number of carbonyl (C=O) groups is 3. The van der Waals surface area contributed by atoms with Crippen LogP contribution in [0.25, 0.3) is 0 Å². The zero-order valence-corrected chi connectivity index (χ0v) is 46.6. The Morgan fingerprint density at radius 1 is 0.275 bits per heavy atom. The minimum atomic E-state index is -0.772. The minimum absolute atomic E-state index is 0.0703. The molecular formula is C63H118O6. The molecule has 69 heavy (non-hydrogen) atoms. The molecule has 1 atom stereocenters. The highest BCUT2D eigenvalue weighted by Gasteiger charge is 2.19. The molecule has 0 heterocycles. The molecule has 0 spiro atoms. The maximum absolute atomic E-state index is 12.9. The summed E-state index contributed by atoms with van der Waals surface area (Å²) in [6.45, 7) is 6.67. The third kappa shape index (κ3) is 56.7. The van der Waals surface area contributed by atoms with Crippen LogP contribution in [0.1, 0.15) is 342 Å². The lowest BCUT2D eigenvalue weighted by Gasteiger charge is -2.18. The number of esters is 3. The monoisotopic (exact) mass is 971 g/mol. The Kier molecular flexibility index (Phi) is 56.7. The molecule has 0 rings (SSSR count). The highest BCUT2D eigenvalue weighted by atomic mass is 16.6. The molecule has 0 fully saturated rings. The van der Waals surface area contributed by atoms with Crippen molar-refractivity contribution >= 4 is 17.9 Å². The van der Waals surface area contributed by atoms with Crippen molar-refractivity contribution in [1.29, 1.82) is 0 Å². The summed E-state index contributed by atoms with van der Waals surface area (Å²) in [5.74, 6) is -0.857. The number of ether oxygens (including phenoxy) is 3. The number of allylic oxidation sites excluding steroid dienone is 4. The van der Waals surface area contributed by atoms with Crippen LogP contribution in [0.4, 0.5) is 0 Å². The average molecular weight is 972 g/mol. The largest absolute Gasteiger partial charge is 0.462 e. The molecule has 0 amide bonds. The lowest BCUT2D eigenvalue weighted by molar-refractivity contribution is -0.167. The first kappa shape index (κ1) is 66.9. The van der Waals surface area contributed by atoms with Crippen molar-refractivity contribution in [3.05, 3.63) is 24.3 Å². The van der Waals surface area contributed by atoms with E-state index in [9.17, 15) is 14.4 Å². The third-order valence-electron chi connectivity index (χ3n) is 13.9. The summed E-state index contributed by atoms with van der Waals surface area (Å²) in [6, 6.07) is 0. The Morgan fingerprint density at radius 2 is 0.478 bits per heavy atom. The van der Waals surface area contributed by atoms with Crippen LogP contribution in [0.2, 0.25) is 0 Å². The van der Waals surface area contributed by atoms with E-state index >= 15 is 0 Å². The van der Waals surface area contributed by atoms with Gasteiger partial charge in [-0.3, -0.25) is 14.4 Å². The summed E-state index contributed by atoms with van der Waals surface area (Å²) in [6.07, 6.45) is 68.9. The van der Waals surface area contributed by atoms with Gasteiger partial charge < -0.3 is 14.2 Å². The third-order valence-corrected chi connectivity index (χ3v) is 13.9. The van der Waals surface area contributed by atoms with Crippen LogP contribution in [0.3, 0.4) is 0 Å². The van der Waals surface area contributed by atoms with Crippen LogP contribution in [0.15, 0.2) is 24.3 Å². The highest BCUT2D eigenvalue weighted by molar-refractivity contribution is 5.71. The molecule has 0 saturated carbocycles. The molecule has 0 radical (unpaired) electrons. The Balaban J connectivity index is 4.30. The van der Waals surface area contributed by atoms with Crippen LogP contribution in [-0.2, 0) is 28.6 Å².